The monoisotopic (exact) mass is 636 g/mol. The molecular weight excluding hydrogens is 605 g/mol. The van der Waals surface area contributed by atoms with Crippen LogP contribution < -0.4 is 0 Å². The van der Waals surface area contributed by atoms with Crippen molar-refractivity contribution >= 4 is 21.7 Å². The van der Waals surface area contributed by atoms with Crippen molar-refractivity contribution in [2.24, 2.45) is 0 Å². The molecule has 0 amide bonds. The van der Waals surface area contributed by atoms with Gasteiger partial charge in [0.2, 0.25) is 0 Å². The molecule has 0 fully saturated rings. The first kappa shape index (κ1) is 29.5. The van der Waals surface area contributed by atoms with Gasteiger partial charge in [-0.1, -0.05) is 164 Å². The minimum atomic E-state index is 0.919. The van der Waals surface area contributed by atoms with E-state index < -0.39 is 0 Å². The zero-order valence-corrected chi connectivity index (χ0v) is 27.4. The Morgan fingerprint density at radius 2 is 0.780 bits per heavy atom. The molecule has 7 aromatic carbocycles. The second-order valence-electron chi connectivity index (χ2n) is 12.6. The van der Waals surface area contributed by atoms with Crippen molar-refractivity contribution in [3.05, 3.63) is 194 Å². The number of rotatable bonds is 6. The van der Waals surface area contributed by atoms with Gasteiger partial charge >= 0.3 is 0 Å². The highest BCUT2D eigenvalue weighted by Crippen LogP contribution is 2.42. The molecule has 9 rings (SSSR count). The van der Waals surface area contributed by atoms with E-state index in [1.807, 2.05) is 0 Å². The number of aromatic nitrogens is 2. The van der Waals surface area contributed by atoms with Crippen molar-refractivity contribution in [2.45, 2.75) is 0 Å². The van der Waals surface area contributed by atoms with Gasteiger partial charge in [0.25, 0.3) is 0 Å². The molecule has 0 saturated heterocycles. The predicted molar refractivity (Wildman–Crippen MR) is 210 cm³/mol. The molecule has 0 bridgehead atoms. The van der Waals surface area contributed by atoms with Crippen LogP contribution in [0.4, 0.5) is 0 Å². The minimum Gasteiger partial charge on any atom is -0.248 e. The third-order valence-corrected chi connectivity index (χ3v) is 9.43. The molecular formula is C48H32N2. The number of fused-ring (bicyclic) bond motifs is 3. The fourth-order valence-corrected chi connectivity index (χ4v) is 6.99. The van der Waals surface area contributed by atoms with Gasteiger partial charge in [-0.15, -0.1) is 0 Å². The Morgan fingerprint density at radius 3 is 1.44 bits per heavy atom. The summed E-state index contributed by atoms with van der Waals surface area (Å²) >= 11 is 0. The van der Waals surface area contributed by atoms with Crippen LogP contribution in [-0.2, 0) is 0 Å². The molecule has 2 heteroatoms. The number of hydrogen-bond acceptors (Lipinski definition) is 2. The lowest BCUT2D eigenvalue weighted by Crippen LogP contribution is -1.96. The van der Waals surface area contributed by atoms with Crippen LogP contribution in [-0.4, -0.2) is 9.97 Å². The van der Waals surface area contributed by atoms with Crippen LogP contribution in [0, 0.1) is 0 Å². The normalized spacial score (nSPS) is 11.2. The molecule has 0 atom stereocenters. The Bertz CT molecular complexity index is 2610. The maximum absolute atomic E-state index is 5.50. The van der Waals surface area contributed by atoms with Gasteiger partial charge < -0.3 is 0 Å². The van der Waals surface area contributed by atoms with E-state index in [0.29, 0.717) is 0 Å². The number of benzene rings is 7. The Balaban J connectivity index is 1.36. The van der Waals surface area contributed by atoms with Crippen LogP contribution in [0.5, 0.6) is 0 Å². The maximum Gasteiger partial charge on any atom is 0.0800 e. The van der Waals surface area contributed by atoms with Crippen molar-refractivity contribution in [3.8, 4) is 67.2 Å². The summed E-state index contributed by atoms with van der Waals surface area (Å²) in [5.74, 6) is 0. The SMILES string of the molecule is c1ccc(-c2cccc(-c3cc(-c4cc5ccccc5c5c(-c6ccccc6)cc(-c6ccccc6)nc45)cc(-c4ccccc4)n3)c2)cc1. The van der Waals surface area contributed by atoms with Crippen LogP contribution in [0.2, 0.25) is 0 Å². The third kappa shape index (κ3) is 5.53. The van der Waals surface area contributed by atoms with E-state index in [0.717, 1.165) is 66.9 Å². The molecule has 0 aliphatic carbocycles. The number of nitrogens with zero attached hydrogens (tertiary/aromatic N) is 2. The summed E-state index contributed by atoms with van der Waals surface area (Å²) in [6, 6.07) is 68.6. The first-order valence-electron chi connectivity index (χ1n) is 17.0. The highest BCUT2D eigenvalue weighted by molar-refractivity contribution is 6.18. The predicted octanol–water partition coefficient (Wildman–Crippen LogP) is 12.8. The number of hydrogen-bond donors (Lipinski definition) is 0. The van der Waals surface area contributed by atoms with E-state index in [1.54, 1.807) is 0 Å². The average Bonchev–Trinajstić information content (AvgIpc) is 3.21. The lowest BCUT2D eigenvalue weighted by molar-refractivity contribution is 1.32. The first-order valence-corrected chi connectivity index (χ1v) is 17.0. The van der Waals surface area contributed by atoms with Crippen LogP contribution in [0.25, 0.3) is 88.8 Å². The highest BCUT2D eigenvalue weighted by atomic mass is 14.7. The standard InChI is InChI=1S/C48H32N2/c1-5-16-33(17-6-1)37-25-15-26-39(28-37)45-31-40(30-44(49-45)35-20-9-3-10-21-35)43-29-38-24-13-14-27-41(38)47-42(34-18-7-2-8-19-34)32-46(50-48(43)47)36-22-11-4-12-23-36/h1-32H. The Hall–Kier alpha value is -6.64. The molecule has 50 heavy (non-hydrogen) atoms. The Labute approximate surface area is 292 Å². The molecule has 0 saturated carbocycles. The van der Waals surface area contributed by atoms with E-state index in [9.17, 15) is 0 Å². The quantitative estimate of drug-likeness (QED) is 0.170. The molecule has 2 heterocycles. The summed E-state index contributed by atoms with van der Waals surface area (Å²) in [4.78, 5) is 10.8. The summed E-state index contributed by atoms with van der Waals surface area (Å²) in [6.45, 7) is 0. The van der Waals surface area contributed by atoms with Gasteiger partial charge in [-0.05, 0) is 68.9 Å². The lowest BCUT2D eigenvalue weighted by Gasteiger charge is -2.17. The van der Waals surface area contributed by atoms with Crippen LogP contribution >= 0.6 is 0 Å². The van der Waals surface area contributed by atoms with Crippen molar-refractivity contribution < 1.29 is 0 Å². The van der Waals surface area contributed by atoms with Gasteiger partial charge in [0, 0.05) is 27.6 Å². The average molecular weight is 637 g/mol. The summed E-state index contributed by atoms with van der Waals surface area (Å²) in [5, 5.41) is 3.51. The fraction of sp³-hybridized carbons (Fsp3) is 0. The summed E-state index contributed by atoms with van der Waals surface area (Å²) < 4.78 is 0. The maximum atomic E-state index is 5.50. The molecule has 0 N–H and O–H groups in total. The molecule has 234 valence electrons. The van der Waals surface area contributed by atoms with E-state index in [4.69, 9.17) is 9.97 Å². The Kier molecular flexibility index (Phi) is 7.53. The van der Waals surface area contributed by atoms with E-state index in [2.05, 4.69) is 194 Å². The molecule has 0 aliphatic rings. The first-order chi connectivity index (χ1) is 24.8. The van der Waals surface area contributed by atoms with Crippen molar-refractivity contribution in [3.63, 3.8) is 0 Å². The zero-order chi connectivity index (χ0) is 33.3. The molecule has 9 aromatic rings. The molecule has 0 radical (unpaired) electrons. The molecule has 2 aromatic heterocycles. The summed E-state index contributed by atoms with van der Waals surface area (Å²) in [7, 11) is 0. The third-order valence-electron chi connectivity index (χ3n) is 9.43. The second-order valence-corrected chi connectivity index (χ2v) is 12.6. The smallest absolute Gasteiger partial charge is 0.0800 e. The van der Waals surface area contributed by atoms with Gasteiger partial charge in [0.05, 0.1) is 22.6 Å². The molecule has 0 spiro atoms. The largest absolute Gasteiger partial charge is 0.248 e. The van der Waals surface area contributed by atoms with E-state index in [-0.39, 0.29) is 0 Å². The van der Waals surface area contributed by atoms with E-state index >= 15 is 0 Å². The summed E-state index contributed by atoms with van der Waals surface area (Å²) in [6.07, 6.45) is 0. The number of pyridine rings is 2. The van der Waals surface area contributed by atoms with E-state index in [1.165, 1.54) is 21.9 Å². The van der Waals surface area contributed by atoms with Crippen LogP contribution in [0.3, 0.4) is 0 Å². The second kappa shape index (κ2) is 12.8. The fourth-order valence-electron chi connectivity index (χ4n) is 6.99. The van der Waals surface area contributed by atoms with Gasteiger partial charge in [-0.3, -0.25) is 0 Å². The van der Waals surface area contributed by atoms with Gasteiger partial charge in [0.1, 0.15) is 0 Å². The minimum absolute atomic E-state index is 0.919. The lowest BCUT2D eigenvalue weighted by atomic mass is 9.90. The molecule has 0 aliphatic heterocycles. The van der Waals surface area contributed by atoms with Crippen LogP contribution in [0.1, 0.15) is 0 Å². The van der Waals surface area contributed by atoms with Crippen molar-refractivity contribution in [2.75, 3.05) is 0 Å². The topological polar surface area (TPSA) is 25.8 Å². The van der Waals surface area contributed by atoms with Crippen LogP contribution in [0.15, 0.2) is 194 Å². The van der Waals surface area contributed by atoms with Crippen molar-refractivity contribution in [1.82, 2.24) is 9.97 Å². The Morgan fingerprint density at radius 1 is 0.280 bits per heavy atom. The van der Waals surface area contributed by atoms with Gasteiger partial charge in [-0.2, -0.15) is 0 Å². The highest BCUT2D eigenvalue weighted by Gasteiger charge is 2.19. The molecule has 0 unspecified atom stereocenters. The zero-order valence-electron chi connectivity index (χ0n) is 27.4. The van der Waals surface area contributed by atoms with Gasteiger partial charge in [-0.25, -0.2) is 9.97 Å². The molecule has 2 nitrogen and oxygen atoms in total. The summed E-state index contributed by atoms with van der Waals surface area (Å²) in [5.41, 5.74) is 13.8. The van der Waals surface area contributed by atoms with Crippen molar-refractivity contribution in [1.29, 1.82) is 0 Å². The van der Waals surface area contributed by atoms with Gasteiger partial charge in [0.15, 0.2) is 0 Å².